The molecule has 0 aromatic heterocycles. The van der Waals surface area contributed by atoms with E-state index in [1.807, 2.05) is 36.4 Å². The summed E-state index contributed by atoms with van der Waals surface area (Å²) in [5.74, 6) is 1.62. The van der Waals surface area contributed by atoms with Crippen LogP contribution in [-0.4, -0.2) is 33.5 Å². The number of benzene rings is 2. The van der Waals surface area contributed by atoms with Gasteiger partial charge >= 0.3 is 0 Å². The Hall–Kier alpha value is -2.20. The van der Waals surface area contributed by atoms with Gasteiger partial charge in [-0.1, -0.05) is 17.7 Å². The van der Waals surface area contributed by atoms with E-state index in [1.54, 1.807) is 20.4 Å². The van der Waals surface area contributed by atoms with Crippen LogP contribution in [0.5, 0.6) is 11.5 Å². The molecule has 126 valence electrons. The highest BCUT2D eigenvalue weighted by Crippen LogP contribution is 2.36. The van der Waals surface area contributed by atoms with Crippen LogP contribution < -0.4 is 14.4 Å². The van der Waals surface area contributed by atoms with Gasteiger partial charge in [0.05, 0.1) is 25.6 Å². The van der Waals surface area contributed by atoms with Crippen molar-refractivity contribution in [1.82, 2.24) is 0 Å². The summed E-state index contributed by atoms with van der Waals surface area (Å²) in [5.41, 5.74) is 2.75. The van der Waals surface area contributed by atoms with Crippen LogP contribution in [0, 0.1) is 0 Å². The van der Waals surface area contributed by atoms with Crippen molar-refractivity contribution >= 4 is 29.2 Å². The molecular weight excluding hydrogens is 324 g/mol. The Labute approximate surface area is 147 Å². The maximum atomic E-state index is 6.00. The maximum absolute atomic E-state index is 6.00. The fourth-order valence-corrected chi connectivity index (χ4v) is 3.10. The van der Waals surface area contributed by atoms with Crippen molar-refractivity contribution in [3.63, 3.8) is 0 Å². The smallest absolute Gasteiger partial charge is 0.143 e. The molecule has 5 heteroatoms. The highest BCUT2D eigenvalue weighted by Gasteiger charge is 2.19. The third kappa shape index (κ3) is 3.65. The summed E-state index contributed by atoms with van der Waals surface area (Å²) in [6.07, 6.45) is 4.20. The van der Waals surface area contributed by atoms with Gasteiger partial charge in [0, 0.05) is 36.0 Å². The fraction of sp³-hybridized carbons (Fsp3) is 0.316. The van der Waals surface area contributed by atoms with Crippen molar-refractivity contribution in [3.8, 4) is 11.5 Å². The zero-order valence-electron chi connectivity index (χ0n) is 14.0. The normalized spacial score (nSPS) is 14.4. The standard InChI is InChI=1S/C19H21ClN2O2/c1-23-18-12-17(22-8-3-4-9-22)19(24-2)10-14(18)13-21-16-7-5-6-15(20)11-16/h5-7,10-13H,3-4,8-9H2,1-2H3. The van der Waals surface area contributed by atoms with E-state index < -0.39 is 0 Å². The van der Waals surface area contributed by atoms with Crippen LogP contribution in [-0.2, 0) is 0 Å². The number of ether oxygens (including phenoxy) is 2. The first kappa shape index (κ1) is 16.7. The van der Waals surface area contributed by atoms with Gasteiger partial charge in [-0.3, -0.25) is 4.99 Å². The summed E-state index contributed by atoms with van der Waals surface area (Å²) < 4.78 is 11.1. The van der Waals surface area contributed by atoms with E-state index in [0.717, 1.165) is 41.5 Å². The Bertz CT molecular complexity index is 740. The van der Waals surface area contributed by atoms with E-state index in [-0.39, 0.29) is 0 Å². The maximum Gasteiger partial charge on any atom is 0.143 e. The third-order valence-electron chi connectivity index (χ3n) is 4.14. The topological polar surface area (TPSA) is 34.1 Å². The molecule has 1 aliphatic heterocycles. The summed E-state index contributed by atoms with van der Waals surface area (Å²) in [5, 5.41) is 0.665. The zero-order chi connectivity index (χ0) is 16.9. The van der Waals surface area contributed by atoms with Crippen LogP contribution in [0.15, 0.2) is 41.4 Å². The number of hydrogen-bond acceptors (Lipinski definition) is 4. The molecule has 2 aromatic rings. The minimum Gasteiger partial charge on any atom is -0.496 e. The Morgan fingerprint density at radius 3 is 2.46 bits per heavy atom. The van der Waals surface area contributed by atoms with Crippen LogP contribution >= 0.6 is 11.6 Å². The Morgan fingerprint density at radius 1 is 1.04 bits per heavy atom. The summed E-state index contributed by atoms with van der Waals surface area (Å²) in [6.45, 7) is 2.10. The number of rotatable bonds is 5. The molecule has 0 amide bonds. The van der Waals surface area contributed by atoms with Gasteiger partial charge in [-0.2, -0.15) is 0 Å². The largest absolute Gasteiger partial charge is 0.496 e. The SMILES string of the molecule is COc1cc(N2CCCC2)c(OC)cc1C=Nc1cccc(Cl)c1. The van der Waals surface area contributed by atoms with Crippen LogP contribution in [0.2, 0.25) is 5.02 Å². The van der Waals surface area contributed by atoms with Crippen molar-refractivity contribution in [3.05, 3.63) is 47.0 Å². The molecule has 3 rings (SSSR count). The number of methoxy groups -OCH3 is 2. The molecule has 0 atom stereocenters. The molecule has 0 bridgehead atoms. The molecule has 1 saturated heterocycles. The number of aliphatic imine (C=N–C) groups is 1. The Kier molecular flexibility index (Phi) is 5.26. The number of hydrogen-bond donors (Lipinski definition) is 0. The molecular formula is C19H21ClN2O2. The summed E-state index contributed by atoms with van der Waals surface area (Å²) in [4.78, 5) is 6.82. The molecule has 0 aliphatic carbocycles. The van der Waals surface area contributed by atoms with Gasteiger partial charge in [-0.05, 0) is 37.1 Å². The second-order valence-corrected chi connectivity index (χ2v) is 6.13. The summed E-state index contributed by atoms with van der Waals surface area (Å²) in [6, 6.07) is 11.4. The molecule has 0 spiro atoms. The molecule has 1 aliphatic rings. The van der Waals surface area contributed by atoms with Crippen molar-refractivity contribution in [2.75, 3.05) is 32.2 Å². The lowest BCUT2D eigenvalue weighted by atomic mass is 10.1. The lowest BCUT2D eigenvalue weighted by Gasteiger charge is -2.22. The van der Waals surface area contributed by atoms with Crippen LogP contribution in [0.25, 0.3) is 0 Å². The molecule has 0 saturated carbocycles. The lowest BCUT2D eigenvalue weighted by molar-refractivity contribution is 0.402. The van der Waals surface area contributed by atoms with Gasteiger partial charge in [0.15, 0.2) is 0 Å². The van der Waals surface area contributed by atoms with Crippen molar-refractivity contribution < 1.29 is 9.47 Å². The van der Waals surface area contributed by atoms with Crippen molar-refractivity contribution in [2.24, 2.45) is 4.99 Å². The zero-order valence-corrected chi connectivity index (χ0v) is 14.7. The Morgan fingerprint density at radius 2 is 1.79 bits per heavy atom. The van der Waals surface area contributed by atoms with E-state index >= 15 is 0 Å². The average molecular weight is 345 g/mol. The summed E-state index contributed by atoms with van der Waals surface area (Å²) >= 11 is 6.00. The Balaban J connectivity index is 1.95. The van der Waals surface area contributed by atoms with Gasteiger partial charge in [0.25, 0.3) is 0 Å². The number of anilines is 1. The van der Waals surface area contributed by atoms with E-state index in [2.05, 4.69) is 9.89 Å². The summed E-state index contributed by atoms with van der Waals surface area (Å²) in [7, 11) is 3.37. The first-order valence-electron chi connectivity index (χ1n) is 8.02. The van der Waals surface area contributed by atoms with Gasteiger partial charge in [0.2, 0.25) is 0 Å². The van der Waals surface area contributed by atoms with E-state index in [0.29, 0.717) is 5.02 Å². The van der Waals surface area contributed by atoms with Crippen molar-refractivity contribution in [1.29, 1.82) is 0 Å². The third-order valence-corrected chi connectivity index (χ3v) is 4.37. The highest BCUT2D eigenvalue weighted by molar-refractivity contribution is 6.30. The quantitative estimate of drug-likeness (QED) is 0.737. The molecule has 0 N–H and O–H groups in total. The second kappa shape index (κ2) is 7.58. The average Bonchev–Trinajstić information content (AvgIpc) is 3.13. The second-order valence-electron chi connectivity index (χ2n) is 5.70. The monoisotopic (exact) mass is 344 g/mol. The molecule has 24 heavy (non-hydrogen) atoms. The fourth-order valence-electron chi connectivity index (χ4n) is 2.91. The molecule has 2 aromatic carbocycles. The van der Waals surface area contributed by atoms with Gasteiger partial charge in [-0.15, -0.1) is 0 Å². The van der Waals surface area contributed by atoms with Crippen LogP contribution in [0.4, 0.5) is 11.4 Å². The van der Waals surface area contributed by atoms with Gasteiger partial charge < -0.3 is 14.4 Å². The van der Waals surface area contributed by atoms with Crippen LogP contribution in [0.1, 0.15) is 18.4 Å². The van der Waals surface area contributed by atoms with Gasteiger partial charge in [-0.25, -0.2) is 0 Å². The van der Waals surface area contributed by atoms with E-state index in [1.165, 1.54) is 12.8 Å². The molecule has 4 nitrogen and oxygen atoms in total. The first-order valence-corrected chi connectivity index (χ1v) is 8.39. The molecule has 0 unspecified atom stereocenters. The molecule has 0 radical (unpaired) electrons. The van der Waals surface area contributed by atoms with Gasteiger partial charge in [0.1, 0.15) is 11.5 Å². The molecule has 1 fully saturated rings. The van der Waals surface area contributed by atoms with E-state index in [4.69, 9.17) is 21.1 Å². The van der Waals surface area contributed by atoms with E-state index in [9.17, 15) is 0 Å². The molecule has 1 heterocycles. The minimum absolute atomic E-state index is 0.665. The predicted molar refractivity (Wildman–Crippen MR) is 99.7 cm³/mol. The minimum atomic E-state index is 0.665. The van der Waals surface area contributed by atoms with Crippen LogP contribution in [0.3, 0.4) is 0 Å². The first-order chi connectivity index (χ1) is 11.7. The predicted octanol–water partition coefficient (Wildman–Crippen LogP) is 4.71. The number of halogens is 1. The van der Waals surface area contributed by atoms with Crippen molar-refractivity contribution in [2.45, 2.75) is 12.8 Å². The highest BCUT2D eigenvalue weighted by atomic mass is 35.5. The lowest BCUT2D eigenvalue weighted by Crippen LogP contribution is -2.18. The number of nitrogens with zero attached hydrogens (tertiary/aromatic N) is 2.